The van der Waals surface area contributed by atoms with Crippen molar-refractivity contribution in [3.63, 3.8) is 0 Å². The maximum atomic E-state index is 6.24. The summed E-state index contributed by atoms with van der Waals surface area (Å²) in [4.78, 5) is 0. The summed E-state index contributed by atoms with van der Waals surface area (Å²) in [5.74, 6) is 1.59. The highest BCUT2D eigenvalue weighted by molar-refractivity contribution is 4.99. The first-order chi connectivity index (χ1) is 7.84. The lowest BCUT2D eigenvalue weighted by Gasteiger charge is -2.31. The Morgan fingerprint density at radius 1 is 1.18 bits per heavy atom. The molecule has 0 aromatic heterocycles. The molecule has 1 aliphatic carbocycles. The second-order valence-corrected chi connectivity index (χ2v) is 7.10. The van der Waals surface area contributed by atoms with Crippen molar-refractivity contribution < 1.29 is 4.74 Å². The Balaban J connectivity index is 1.99. The maximum Gasteiger partial charge on any atom is 0.0665 e. The first kappa shape index (κ1) is 13.4. The van der Waals surface area contributed by atoms with E-state index >= 15 is 0 Å². The van der Waals surface area contributed by atoms with Crippen molar-refractivity contribution in [2.75, 3.05) is 6.54 Å². The van der Waals surface area contributed by atoms with Crippen LogP contribution in [0.15, 0.2) is 0 Å². The molecule has 0 aromatic carbocycles. The molecule has 2 heteroatoms. The van der Waals surface area contributed by atoms with Gasteiger partial charge in [0, 0.05) is 6.04 Å². The Morgan fingerprint density at radius 3 is 2.41 bits per heavy atom. The van der Waals surface area contributed by atoms with Crippen LogP contribution in [0, 0.1) is 11.8 Å². The second kappa shape index (κ2) is 4.55. The minimum atomic E-state index is 0.0648. The largest absolute Gasteiger partial charge is 0.369 e. The highest BCUT2D eigenvalue weighted by Crippen LogP contribution is 2.49. The average molecular weight is 239 g/mol. The van der Waals surface area contributed by atoms with Gasteiger partial charge in [0.05, 0.1) is 11.2 Å². The normalized spacial score (nSPS) is 39.7. The Bertz CT molecular complexity index is 272. The molecule has 2 rings (SSSR count). The lowest BCUT2D eigenvalue weighted by Crippen LogP contribution is -2.34. The number of nitrogens with one attached hydrogen (secondary N) is 1. The molecule has 3 unspecified atom stereocenters. The number of rotatable bonds is 3. The smallest absolute Gasteiger partial charge is 0.0665 e. The van der Waals surface area contributed by atoms with Gasteiger partial charge in [-0.2, -0.15) is 0 Å². The van der Waals surface area contributed by atoms with Crippen molar-refractivity contribution in [3.05, 3.63) is 0 Å². The molecule has 2 aliphatic rings. The molecule has 0 amide bonds. The number of ether oxygens (including phenoxy) is 1. The highest BCUT2D eigenvalue weighted by atomic mass is 16.5. The van der Waals surface area contributed by atoms with E-state index in [2.05, 4.69) is 39.9 Å². The molecule has 0 aromatic rings. The summed E-state index contributed by atoms with van der Waals surface area (Å²) in [5, 5.41) is 3.61. The molecule has 2 nitrogen and oxygen atoms in total. The van der Waals surface area contributed by atoms with E-state index in [1.165, 1.54) is 25.7 Å². The predicted octanol–water partition coefficient (Wildman–Crippen LogP) is 3.36. The third kappa shape index (κ3) is 2.85. The van der Waals surface area contributed by atoms with E-state index in [0.29, 0.717) is 0 Å². The average Bonchev–Trinajstić information content (AvgIpc) is 2.68. The van der Waals surface area contributed by atoms with Gasteiger partial charge in [-0.05, 0) is 71.8 Å². The van der Waals surface area contributed by atoms with Gasteiger partial charge in [0.1, 0.15) is 0 Å². The van der Waals surface area contributed by atoms with E-state index in [1.807, 2.05) is 0 Å². The van der Waals surface area contributed by atoms with Crippen LogP contribution in [-0.4, -0.2) is 23.8 Å². The van der Waals surface area contributed by atoms with Gasteiger partial charge < -0.3 is 10.1 Å². The molecule has 1 saturated carbocycles. The molecule has 0 radical (unpaired) electrons. The van der Waals surface area contributed by atoms with E-state index in [1.54, 1.807) is 0 Å². The zero-order chi connectivity index (χ0) is 12.7. The molecule has 1 heterocycles. The fourth-order valence-corrected chi connectivity index (χ4v) is 4.20. The monoisotopic (exact) mass is 239 g/mol. The van der Waals surface area contributed by atoms with Crippen LogP contribution in [0.25, 0.3) is 0 Å². The summed E-state index contributed by atoms with van der Waals surface area (Å²) in [6.07, 6.45) is 5.31. The number of hydrogen-bond donors (Lipinski definition) is 1. The van der Waals surface area contributed by atoms with Gasteiger partial charge in [-0.15, -0.1) is 0 Å². The summed E-state index contributed by atoms with van der Waals surface area (Å²) in [7, 11) is 0. The summed E-state index contributed by atoms with van der Waals surface area (Å²) in [6, 6.07) is 0.754. The molecule has 17 heavy (non-hydrogen) atoms. The van der Waals surface area contributed by atoms with Gasteiger partial charge >= 0.3 is 0 Å². The summed E-state index contributed by atoms with van der Waals surface area (Å²) in [5.41, 5.74) is 0.139. The summed E-state index contributed by atoms with van der Waals surface area (Å²) in [6.45, 7) is 12.4. The van der Waals surface area contributed by atoms with Crippen LogP contribution in [0.5, 0.6) is 0 Å². The van der Waals surface area contributed by atoms with Gasteiger partial charge in [0.2, 0.25) is 0 Å². The third-order valence-electron chi connectivity index (χ3n) is 4.68. The first-order valence-electron chi connectivity index (χ1n) is 7.27. The van der Waals surface area contributed by atoms with Crippen LogP contribution in [0.1, 0.15) is 60.3 Å². The minimum Gasteiger partial charge on any atom is -0.369 e. The van der Waals surface area contributed by atoms with Gasteiger partial charge in [0.15, 0.2) is 0 Å². The van der Waals surface area contributed by atoms with Gasteiger partial charge in [-0.3, -0.25) is 0 Å². The van der Waals surface area contributed by atoms with Crippen molar-refractivity contribution in [1.82, 2.24) is 5.32 Å². The highest BCUT2D eigenvalue weighted by Gasteiger charge is 2.49. The van der Waals surface area contributed by atoms with E-state index in [4.69, 9.17) is 4.74 Å². The molecule has 0 bridgehead atoms. The van der Waals surface area contributed by atoms with Crippen LogP contribution in [0.3, 0.4) is 0 Å². The van der Waals surface area contributed by atoms with E-state index in [9.17, 15) is 0 Å². The first-order valence-corrected chi connectivity index (χ1v) is 7.27. The Morgan fingerprint density at radius 2 is 1.88 bits per heavy atom. The molecule has 3 atom stereocenters. The Hall–Kier alpha value is -0.0800. The van der Waals surface area contributed by atoms with Crippen molar-refractivity contribution >= 4 is 0 Å². The quantitative estimate of drug-likeness (QED) is 0.815. The minimum absolute atomic E-state index is 0.0648. The van der Waals surface area contributed by atoms with Crippen molar-refractivity contribution in [2.45, 2.75) is 77.5 Å². The summed E-state index contributed by atoms with van der Waals surface area (Å²) < 4.78 is 6.24. The van der Waals surface area contributed by atoms with E-state index in [-0.39, 0.29) is 11.2 Å². The van der Waals surface area contributed by atoms with Crippen molar-refractivity contribution in [2.24, 2.45) is 11.8 Å². The third-order valence-corrected chi connectivity index (χ3v) is 4.68. The van der Waals surface area contributed by atoms with Crippen LogP contribution < -0.4 is 5.32 Å². The lowest BCUT2D eigenvalue weighted by molar-refractivity contribution is -0.0798. The molecule has 0 spiro atoms. The lowest BCUT2D eigenvalue weighted by atomic mass is 9.77. The van der Waals surface area contributed by atoms with Crippen LogP contribution >= 0.6 is 0 Å². The zero-order valence-corrected chi connectivity index (χ0v) is 12.2. The molecule has 1 aliphatic heterocycles. The number of hydrogen-bond acceptors (Lipinski definition) is 2. The molecule has 1 saturated heterocycles. The van der Waals surface area contributed by atoms with Crippen LogP contribution in [-0.2, 0) is 4.74 Å². The topological polar surface area (TPSA) is 21.3 Å². The van der Waals surface area contributed by atoms with Gasteiger partial charge in [-0.25, -0.2) is 0 Å². The zero-order valence-electron chi connectivity index (χ0n) is 12.2. The standard InChI is InChI=1S/C15H29NO/c1-6-16-12-8-7-11(9-12)13-10-14(2,3)17-15(13,4)5/h11-13,16H,6-10H2,1-5H3. The van der Waals surface area contributed by atoms with Crippen molar-refractivity contribution in [3.8, 4) is 0 Å². The molecule has 1 N–H and O–H groups in total. The molecular formula is C15H29NO. The van der Waals surface area contributed by atoms with Crippen LogP contribution in [0.4, 0.5) is 0 Å². The Kier molecular flexibility index (Phi) is 3.57. The maximum absolute atomic E-state index is 6.24. The van der Waals surface area contributed by atoms with Gasteiger partial charge in [0.25, 0.3) is 0 Å². The SMILES string of the molecule is CCNC1CCC(C2CC(C)(C)OC2(C)C)C1. The molecule has 100 valence electrons. The van der Waals surface area contributed by atoms with Gasteiger partial charge in [-0.1, -0.05) is 6.92 Å². The van der Waals surface area contributed by atoms with E-state index in [0.717, 1.165) is 24.4 Å². The summed E-state index contributed by atoms with van der Waals surface area (Å²) >= 11 is 0. The molecular weight excluding hydrogens is 210 g/mol. The van der Waals surface area contributed by atoms with Crippen molar-refractivity contribution in [1.29, 1.82) is 0 Å². The fraction of sp³-hybridized carbons (Fsp3) is 1.00. The Labute approximate surface area is 107 Å². The molecule has 2 fully saturated rings. The second-order valence-electron chi connectivity index (χ2n) is 7.10. The fourth-order valence-electron chi connectivity index (χ4n) is 4.20. The van der Waals surface area contributed by atoms with E-state index < -0.39 is 0 Å². The van der Waals surface area contributed by atoms with Crippen LogP contribution in [0.2, 0.25) is 0 Å². The predicted molar refractivity (Wildman–Crippen MR) is 72.2 cm³/mol.